The number of methoxy groups -OCH3 is 1. The van der Waals surface area contributed by atoms with Crippen molar-refractivity contribution in [2.24, 2.45) is 0 Å². The van der Waals surface area contributed by atoms with E-state index < -0.39 is 12.2 Å². The zero-order valence-electron chi connectivity index (χ0n) is 5.61. The number of halogens is 5. The molecular formula is C5H7F5O. The van der Waals surface area contributed by atoms with E-state index in [4.69, 9.17) is 0 Å². The molecule has 0 fully saturated rings. The minimum Gasteiger partial charge on any atom is -0.505 e. The van der Waals surface area contributed by atoms with Gasteiger partial charge in [-0.05, 0) is 0 Å². The van der Waals surface area contributed by atoms with Crippen molar-refractivity contribution in [3.63, 3.8) is 0 Å². The monoisotopic (exact) mass is 178 g/mol. The molecule has 0 aromatic heterocycles. The van der Waals surface area contributed by atoms with Gasteiger partial charge in [-0.2, -0.15) is 17.6 Å². The molecule has 0 saturated heterocycles. The topological polar surface area (TPSA) is 9.23 Å². The highest BCUT2D eigenvalue weighted by Crippen LogP contribution is 2.08. The maximum absolute atomic E-state index is 10.3. The molecule has 0 saturated carbocycles. The second kappa shape index (κ2) is 11.7. The van der Waals surface area contributed by atoms with Crippen molar-refractivity contribution in [2.75, 3.05) is 7.11 Å². The molecular weight excluding hydrogens is 171 g/mol. The highest BCUT2D eigenvalue weighted by molar-refractivity contribution is 4.77. The fourth-order valence-electron chi connectivity index (χ4n) is 0. The molecule has 0 spiro atoms. The summed E-state index contributed by atoms with van der Waals surface area (Å²) >= 11 is 0. The maximum atomic E-state index is 10.3. The average Bonchev–Trinajstić information content (AvgIpc) is 1.89. The van der Waals surface area contributed by atoms with Gasteiger partial charge in [0.2, 0.25) is 0 Å². The Morgan fingerprint density at radius 1 is 1.18 bits per heavy atom. The summed E-state index contributed by atoms with van der Waals surface area (Å²) < 4.78 is 45.5. The van der Waals surface area contributed by atoms with Crippen molar-refractivity contribution >= 4 is 0 Å². The molecule has 0 atom stereocenters. The molecule has 0 aromatic carbocycles. The van der Waals surface area contributed by atoms with Gasteiger partial charge in [0.1, 0.15) is 0 Å². The molecule has 0 bridgehead atoms. The lowest BCUT2D eigenvalue weighted by Crippen LogP contribution is -1.56. The maximum Gasteiger partial charge on any atom is 0.334 e. The first-order chi connectivity index (χ1) is 4.56. The van der Waals surface area contributed by atoms with Crippen LogP contribution in [0.4, 0.5) is 22.3 Å². The third-order valence-corrected chi connectivity index (χ3v) is 0.310. The van der Waals surface area contributed by atoms with Gasteiger partial charge >= 0.3 is 12.2 Å². The Morgan fingerprint density at radius 3 is 1.36 bits per heavy atom. The third-order valence-electron chi connectivity index (χ3n) is 0.310. The quantitative estimate of drug-likeness (QED) is 0.443. The molecule has 0 rings (SSSR count). The predicted octanol–water partition coefficient (Wildman–Crippen LogP) is 2.92. The molecule has 11 heavy (non-hydrogen) atoms. The summed E-state index contributed by atoms with van der Waals surface area (Å²) in [5.74, 6) is 0. The van der Waals surface area contributed by atoms with Crippen LogP contribution in [-0.4, -0.2) is 7.11 Å². The minimum absolute atomic E-state index is 0. The van der Waals surface area contributed by atoms with Gasteiger partial charge in [-0.1, -0.05) is 6.58 Å². The smallest absolute Gasteiger partial charge is 0.334 e. The first-order valence-corrected chi connectivity index (χ1v) is 2.06. The van der Waals surface area contributed by atoms with Crippen LogP contribution in [0.15, 0.2) is 25.0 Å². The first kappa shape index (κ1) is 16.5. The van der Waals surface area contributed by atoms with E-state index in [1.54, 1.807) is 7.11 Å². The zero-order valence-corrected chi connectivity index (χ0v) is 5.61. The van der Waals surface area contributed by atoms with Gasteiger partial charge in [-0.15, -0.1) is 0 Å². The Hall–Kier alpha value is -1.07. The van der Waals surface area contributed by atoms with Crippen molar-refractivity contribution in [1.82, 2.24) is 0 Å². The van der Waals surface area contributed by atoms with Crippen LogP contribution in [0, 0.1) is 0 Å². The summed E-state index contributed by atoms with van der Waals surface area (Å²) in [5.41, 5.74) is 0. The van der Waals surface area contributed by atoms with Crippen molar-refractivity contribution in [2.45, 2.75) is 0 Å². The third kappa shape index (κ3) is 27.8. The van der Waals surface area contributed by atoms with Gasteiger partial charge in [-0.3, -0.25) is 4.70 Å². The average molecular weight is 178 g/mol. The van der Waals surface area contributed by atoms with E-state index in [9.17, 15) is 17.6 Å². The Morgan fingerprint density at radius 2 is 1.36 bits per heavy atom. The minimum atomic E-state index is -2.91. The highest BCUT2D eigenvalue weighted by Gasteiger charge is 1.98. The lowest BCUT2D eigenvalue weighted by Gasteiger charge is -1.73. The van der Waals surface area contributed by atoms with E-state index in [-0.39, 0.29) is 4.70 Å². The van der Waals surface area contributed by atoms with E-state index in [1.165, 1.54) is 6.26 Å². The first-order valence-electron chi connectivity index (χ1n) is 2.06. The number of hydrogen-bond donors (Lipinski definition) is 0. The second-order valence-electron chi connectivity index (χ2n) is 0.923. The standard InChI is InChI=1S/C3H6O.C2F4.FH/c1-3-4-2;3-1(4)2(5)6;/h3H,1H2,2H3;;1H. The summed E-state index contributed by atoms with van der Waals surface area (Å²) in [5, 5.41) is 0. The van der Waals surface area contributed by atoms with Gasteiger partial charge in [0.05, 0.1) is 13.4 Å². The second-order valence-corrected chi connectivity index (χ2v) is 0.923. The molecule has 0 aromatic rings. The molecule has 0 N–H and O–H groups in total. The van der Waals surface area contributed by atoms with Gasteiger partial charge < -0.3 is 4.74 Å². The van der Waals surface area contributed by atoms with E-state index in [0.29, 0.717) is 0 Å². The number of hydrogen-bond acceptors (Lipinski definition) is 1. The Kier molecular flexibility index (Phi) is 17.5. The van der Waals surface area contributed by atoms with Crippen LogP contribution in [0.5, 0.6) is 0 Å². The predicted molar refractivity (Wildman–Crippen MR) is 31.2 cm³/mol. The summed E-state index contributed by atoms with van der Waals surface area (Å²) in [6, 6.07) is 0. The summed E-state index contributed by atoms with van der Waals surface area (Å²) in [4.78, 5) is 0. The van der Waals surface area contributed by atoms with Gasteiger partial charge in [0, 0.05) is 0 Å². The molecule has 0 aliphatic carbocycles. The fraction of sp³-hybridized carbons (Fsp3) is 0.200. The molecule has 0 aliphatic rings. The van der Waals surface area contributed by atoms with Crippen LogP contribution in [0.2, 0.25) is 0 Å². The molecule has 0 aliphatic heterocycles. The van der Waals surface area contributed by atoms with Crippen molar-refractivity contribution < 1.29 is 27.0 Å². The Labute approximate surface area is 60.3 Å². The molecule has 1 nitrogen and oxygen atoms in total. The molecule has 0 amide bonds. The van der Waals surface area contributed by atoms with Crippen LogP contribution in [0.25, 0.3) is 0 Å². The summed E-state index contributed by atoms with van der Waals surface area (Å²) in [6.45, 7) is 3.26. The normalized spacial score (nSPS) is 6.27. The zero-order chi connectivity index (χ0) is 8.57. The molecule has 0 heterocycles. The number of ether oxygens (including phenoxy) is 1. The summed E-state index contributed by atoms with van der Waals surface area (Å²) in [6.07, 6.45) is -4.44. The van der Waals surface area contributed by atoms with Crippen LogP contribution in [0.3, 0.4) is 0 Å². The van der Waals surface area contributed by atoms with Crippen LogP contribution < -0.4 is 0 Å². The molecule has 6 heteroatoms. The fourth-order valence-corrected chi connectivity index (χ4v) is 0. The van der Waals surface area contributed by atoms with Gasteiger partial charge in [0.25, 0.3) is 0 Å². The van der Waals surface area contributed by atoms with E-state index in [1.807, 2.05) is 0 Å². The van der Waals surface area contributed by atoms with Crippen LogP contribution in [0.1, 0.15) is 0 Å². The van der Waals surface area contributed by atoms with E-state index >= 15 is 0 Å². The lowest BCUT2D eigenvalue weighted by atomic mass is 11.1. The lowest BCUT2D eigenvalue weighted by molar-refractivity contribution is 0.308. The van der Waals surface area contributed by atoms with Crippen LogP contribution >= 0.6 is 0 Å². The molecule has 68 valence electrons. The molecule has 0 unspecified atom stereocenters. The van der Waals surface area contributed by atoms with Crippen LogP contribution in [-0.2, 0) is 4.74 Å². The van der Waals surface area contributed by atoms with Gasteiger partial charge in [-0.25, -0.2) is 0 Å². The largest absolute Gasteiger partial charge is 0.505 e. The van der Waals surface area contributed by atoms with E-state index in [2.05, 4.69) is 11.3 Å². The molecule has 0 radical (unpaired) electrons. The van der Waals surface area contributed by atoms with Crippen molar-refractivity contribution in [1.29, 1.82) is 0 Å². The SMILES string of the molecule is C=COC.F.FC(F)=C(F)F. The summed E-state index contributed by atoms with van der Waals surface area (Å²) in [7, 11) is 1.56. The van der Waals surface area contributed by atoms with E-state index in [0.717, 1.165) is 0 Å². The van der Waals surface area contributed by atoms with Crippen molar-refractivity contribution in [3.05, 3.63) is 25.0 Å². The number of rotatable bonds is 1. The Balaban J connectivity index is -0.000000114. The Bertz CT molecular complexity index is 104. The van der Waals surface area contributed by atoms with Gasteiger partial charge in [0.15, 0.2) is 0 Å². The van der Waals surface area contributed by atoms with Crippen molar-refractivity contribution in [3.8, 4) is 0 Å². The highest BCUT2D eigenvalue weighted by atomic mass is 19.3.